The molecule has 1 aromatic heterocycles. The highest BCUT2D eigenvalue weighted by Crippen LogP contribution is 2.25. The van der Waals surface area contributed by atoms with Crippen LogP contribution in [-0.2, 0) is 12.0 Å². The third-order valence-corrected chi connectivity index (χ3v) is 3.84. The van der Waals surface area contributed by atoms with E-state index in [1.54, 1.807) is 23.5 Å². The number of nitrogens with zero attached hydrogens (tertiary/aromatic N) is 1. The molecule has 0 atom stereocenters. The van der Waals surface area contributed by atoms with Crippen molar-refractivity contribution in [1.29, 1.82) is 0 Å². The molecule has 0 aliphatic rings. The Kier molecular flexibility index (Phi) is 4.11. The van der Waals surface area contributed by atoms with Gasteiger partial charge in [0.15, 0.2) is 5.82 Å². The molecule has 19 heavy (non-hydrogen) atoms. The number of halogens is 2. The van der Waals surface area contributed by atoms with Gasteiger partial charge in [-0.05, 0) is 12.1 Å². The summed E-state index contributed by atoms with van der Waals surface area (Å²) in [6.07, 6.45) is 0. The predicted octanol–water partition coefficient (Wildman–Crippen LogP) is 4.85. The lowest BCUT2D eigenvalue weighted by atomic mass is 9.93. The normalized spacial score (nSPS) is 11.6. The molecule has 0 saturated carbocycles. The summed E-state index contributed by atoms with van der Waals surface area (Å²) in [5.41, 5.74) is 1.50. The third kappa shape index (κ3) is 3.45. The van der Waals surface area contributed by atoms with E-state index in [1.807, 2.05) is 5.38 Å². The molecule has 2 nitrogen and oxygen atoms in total. The Bertz CT molecular complexity index is 575. The Labute approximate surface area is 121 Å². The summed E-state index contributed by atoms with van der Waals surface area (Å²) < 4.78 is 13.7. The van der Waals surface area contributed by atoms with Crippen molar-refractivity contribution in [2.45, 2.75) is 32.7 Å². The Morgan fingerprint density at radius 2 is 2.11 bits per heavy atom. The summed E-state index contributed by atoms with van der Waals surface area (Å²) in [6, 6.07) is 4.92. The first-order valence-electron chi connectivity index (χ1n) is 6.00. The van der Waals surface area contributed by atoms with Gasteiger partial charge in [-0.25, -0.2) is 9.37 Å². The minimum atomic E-state index is -0.420. The van der Waals surface area contributed by atoms with E-state index in [4.69, 9.17) is 11.6 Å². The van der Waals surface area contributed by atoms with E-state index >= 15 is 0 Å². The van der Waals surface area contributed by atoms with E-state index in [0.29, 0.717) is 12.2 Å². The average Bonchev–Trinajstić information content (AvgIpc) is 2.79. The quantitative estimate of drug-likeness (QED) is 0.876. The highest BCUT2D eigenvalue weighted by atomic mass is 35.5. The van der Waals surface area contributed by atoms with Crippen LogP contribution in [0.15, 0.2) is 23.6 Å². The molecule has 0 spiro atoms. The number of benzene rings is 1. The summed E-state index contributed by atoms with van der Waals surface area (Å²) in [5, 5.41) is 6.13. The van der Waals surface area contributed by atoms with Crippen LogP contribution in [0.3, 0.4) is 0 Å². The lowest BCUT2D eigenvalue weighted by Crippen LogP contribution is -2.12. The zero-order valence-corrected chi connectivity index (χ0v) is 12.7. The number of nitrogens with one attached hydrogen (secondary N) is 1. The van der Waals surface area contributed by atoms with Gasteiger partial charge in [0.05, 0.1) is 22.9 Å². The molecule has 2 rings (SSSR count). The Hall–Kier alpha value is -1.13. The summed E-state index contributed by atoms with van der Waals surface area (Å²) >= 11 is 7.31. The highest BCUT2D eigenvalue weighted by molar-refractivity contribution is 7.09. The number of hydrogen-bond acceptors (Lipinski definition) is 3. The van der Waals surface area contributed by atoms with Crippen molar-refractivity contribution in [1.82, 2.24) is 4.98 Å². The molecule has 5 heteroatoms. The molecule has 0 aliphatic heterocycles. The van der Waals surface area contributed by atoms with Crippen molar-refractivity contribution >= 4 is 28.6 Å². The number of thiazole rings is 1. The molecule has 1 heterocycles. The van der Waals surface area contributed by atoms with Crippen molar-refractivity contribution in [3.05, 3.63) is 45.1 Å². The summed E-state index contributed by atoms with van der Waals surface area (Å²) in [4.78, 5) is 4.55. The third-order valence-electron chi connectivity index (χ3n) is 2.70. The van der Waals surface area contributed by atoms with Crippen LogP contribution in [0, 0.1) is 5.82 Å². The molecule has 0 saturated heterocycles. The monoisotopic (exact) mass is 298 g/mol. The minimum absolute atomic E-state index is 0.0378. The van der Waals surface area contributed by atoms with Gasteiger partial charge in [0.25, 0.3) is 0 Å². The molecule has 0 amide bonds. The smallest absolute Gasteiger partial charge is 0.164 e. The zero-order valence-electron chi connectivity index (χ0n) is 11.1. The van der Waals surface area contributed by atoms with E-state index in [0.717, 1.165) is 10.7 Å². The van der Waals surface area contributed by atoms with Gasteiger partial charge in [-0.2, -0.15) is 0 Å². The van der Waals surface area contributed by atoms with Crippen LogP contribution >= 0.6 is 22.9 Å². The fraction of sp³-hybridized carbons (Fsp3) is 0.357. The van der Waals surface area contributed by atoms with Crippen LogP contribution in [-0.4, -0.2) is 4.98 Å². The van der Waals surface area contributed by atoms with Gasteiger partial charge >= 0.3 is 0 Å². The molecular weight excluding hydrogens is 283 g/mol. The van der Waals surface area contributed by atoms with Gasteiger partial charge in [0.2, 0.25) is 0 Å². The minimum Gasteiger partial charge on any atom is -0.376 e. The van der Waals surface area contributed by atoms with Crippen LogP contribution in [0.5, 0.6) is 0 Å². The first-order chi connectivity index (χ1) is 8.88. The number of anilines is 1. The molecule has 0 aliphatic carbocycles. The average molecular weight is 299 g/mol. The van der Waals surface area contributed by atoms with Crippen molar-refractivity contribution < 1.29 is 4.39 Å². The van der Waals surface area contributed by atoms with Crippen molar-refractivity contribution in [3.8, 4) is 0 Å². The highest BCUT2D eigenvalue weighted by Gasteiger charge is 2.17. The van der Waals surface area contributed by atoms with E-state index < -0.39 is 5.82 Å². The largest absolute Gasteiger partial charge is 0.376 e. The Morgan fingerprint density at radius 3 is 2.74 bits per heavy atom. The molecule has 0 unspecified atom stereocenters. The van der Waals surface area contributed by atoms with E-state index in [1.165, 1.54) is 6.07 Å². The number of aromatic nitrogens is 1. The van der Waals surface area contributed by atoms with Crippen LogP contribution in [0.25, 0.3) is 0 Å². The molecule has 0 radical (unpaired) electrons. The van der Waals surface area contributed by atoms with Crippen molar-refractivity contribution in [3.63, 3.8) is 0 Å². The van der Waals surface area contributed by atoms with Crippen molar-refractivity contribution in [2.24, 2.45) is 0 Å². The number of hydrogen-bond donors (Lipinski definition) is 1. The first kappa shape index (κ1) is 14.3. The van der Waals surface area contributed by atoms with Crippen molar-refractivity contribution in [2.75, 3.05) is 5.32 Å². The predicted molar refractivity (Wildman–Crippen MR) is 79.6 cm³/mol. The van der Waals surface area contributed by atoms with Gasteiger partial charge < -0.3 is 5.32 Å². The Balaban J connectivity index is 2.07. The fourth-order valence-electron chi connectivity index (χ4n) is 1.55. The zero-order chi connectivity index (χ0) is 14.0. The first-order valence-corrected chi connectivity index (χ1v) is 7.26. The topological polar surface area (TPSA) is 24.9 Å². The number of rotatable bonds is 3. The fourth-order valence-corrected chi connectivity index (χ4v) is 2.68. The van der Waals surface area contributed by atoms with E-state index in [2.05, 4.69) is 31.1 Å². The summed E-state index contributed by atoms with van der Waals surface area (Å²) in [7, 11) is 0. The van der Waals surface area contributed by atoms with Gasteiger partial charge in [-0.3, -0.25) is 0 Å². The van der Waals surface area contributed by atoms with Gasteiger partial charge in [-0.1, -0.05) is 38.4 Å². The maximum Gasteiger partial charge on any atom is 0.164 e. The van der Waals surface area contributed by atoms with E-state index in [9.17, 15) is 4.39 Å². The van der Waals surface area contributed by atoms with Gasteiger partial charge in [0.1, 0.15) is 5.01 Å². The lowest BCUT2D eigenvalue weighted by molar-refractivity contribution is 0.571. The van der Waals surface area contributed by atoms with E-state index in [-0.39, 0.29) is 10.4 Å². The molecular formula is C14H16ClFN2S. The van der Waals surface area contributed by atoms with Crippen LogP contribution in [0.2, 0.25) is 5.02 Å². The summed E-state index contributed by atoms with van der Waals surface area (Å²) in [6.45, 7) is 6.86. The summed E-state index contributed by atoms with van der Waals surface area (Å²) in [5.74, 6) is -0.420. The van der Waals surface area contributed by atoms with Crippen LogP contribution < -0.4 is 5.32 Å². The lowest BCUT2D eigenvalue weighted by Gasteiger charge is -2.14. The molecule has 2 aromatic rings. The Morgan fingerprint density at radius 1 is 1.37 bits per heavy atom. The van der Waals surface area contributed by atoms with Crippen LogP contribution in [0.1, 0.15) is 31.5 Å². The van der Waals surface area contributed by atoms with Crippen LogP contribution in [0.4, 0.5) is 10.1 Å². The molecule has 0 bridgehead atoms. The standard InChI is InChI=1S/C14H16ClFN2S/c1-14(2,3)11-8-19-12(18-11)7-17-10-6-4-5-9(15)13(10)16/h4-6,8,17H,7H2,1-3H3. The molecule has 1 N–H and O–H groups in total. The SMILES string of the molecule is CC(C)(C)c1csc(CNc2cccc(Cl)c2F)n1. The van der Waals surface area contributed by atoms with Gasteiger partial charge in [-0.15, -0.1) is 11.3 Å². The second kappa shape index (κ2) is 5.47. The second-order valence-electron chi connectivity index (χ2n) is 5.33. The maximum absolute atomic E-state index is 13.7. The molecule has 102 valence electrons. The molecule has 0 fully saturated rings. The second-order valence-corrected chi connectivity index (χ2v) is 6.68. The molecule has 1 aromatic carbocycles. The van der Waals surface area contributed by atoms with Gasteiger partial charge in [0, 0.05) is 10.8 Å². The maximum atomic E-state index is 13.7.